The van der Waals surface area contributed by atoms with Gasteiger partial charge >= 0.3 is 0 Å². The second-order valence-corrected chi connectivity index (χ2v) is 25.5. The number of fused-ring (bicyclic) bond motifs is 2. The lowest BCUT2D eigenvalue weighted by Gasteiger charge is -2.43. The van der Waals surface area contributed by atoms with Crippen molar-refractivity contribution in [3.63, 3.8) is 0 Å². The van der Waals surface area contributed by atoms with Crippen molar-refractivity contribution in [1.29, 1.82) is 0 Å². The Morgan fingerprint density at radius 1 is 0.583 bits per heavy atom. The molecule has 450 valence electrons. The number of amides is 2. The maximum absolute atomic E-state index is 14.4. The largest absolute Gasteiger partial charge is 0.491 e. The minimum Gasteiger partial charge on any atom is -0.491 e. The van der Waals surface area contributed by atoms with Gasteiger partial charge in [0.2, 0.25) is 11.8 Å². The zero-order valence-electron chi connectivity index (χ0n) is 49.4. The third-order valence-corrected chi connectivity index (χ3v) is 17.7. The SMILES string of the molecule is C[C@@H]1CN(CC(=O)N2CC(C)(C)c3[nH]c(=O)c(Cc4ccc(F)cc4)cc32)[C@@H](CN2CCO[C@H](COc3ccc(OC[C@@H]4CN(C[C@H]5CN[C@H](C)CN5CC(=O)N5CC(C)(C)c6[nH]c(=O)c(Cc7ccc(F)cc7)cc65)CCO4)cc3)C2)CN1. The van der Waals surface area contributed by atoms with Gasteiger partial charge in [-0.1, -0.05) is 52.0 Å². The number of nitrogens with zero attached hydrogens (tertiary/aromatic N) is 6. The van der Waals surface area contributed by atoms with Gasteiger partial charge in [-0.15, -0.1) is 0 Å². The predicted molar refractivity (Wildman–Crippen MR) is 319 cm³/mol. The number of morpholine rings is 2. The number of ether oxygens (including phenoxy) is 4. The van der Waals surface area contributed by atoms with Crippen molar-refractivity contribution in [2.24, 2.45) is 0 Å². The first-order chi connectivity index (χ1) is 40.3. The summed E-state index contributed by atoms with van der Waals surface area (Å²) in [4.78, 5) is 74.6. The number of aromatic nitrogens is 2. The molecule has 6 aliphatic rings. The Bertz CT molecular complexity index is 3040. The van der Waals surface area contributed by atoms with Gasteiger partial charge in [0.1, 0.15) is 48.6 Å². The molecule has 2 aromatic heterocycles. The van der Waals surface area contributed by atoms with Crippen molar-refractivity contribution in [1.82, 2.24) is 40.2 Å². The third-order valence-electron chi connectivity index (χ3n) is 17.7. The fourth-order valence-electron chi connectivity index (χ4n) is 13.1. The zero-order chi connectivity index (χ0) is 58.9. The van der Waals surface area contributed by atoms with Gasteiger partial charge in [0.05, 0.1) is 37.7 Å². The van der Waals surface area contributed by atoms with Gasteiger partial charge in [0.15, 0.2) is 0 Å². The lowest BCUT2D eigenvalue weighted by atomic mass is 9.91. The smallest absolute Gasteiger partial charge is 0.251 e. The average molecular weight is 1160 g/mol. The summed E-state index contributed by atoms with van der Waals surface area (Å²) in [6, 6.07) is 24.3. The molecule has 0 radical (unpaired) electrons. The van der Waals surface area contributed by atoms with Gasteiger partial charge in [0, 0.05) is 149 Å². The van der Waals surface area contributed by atoms with Crippen LogP contribution < -0.4 is 41.0 Å². The molecular weight excluding hydrogens is 1070 g/mol. The standard InChI is InChI=1S/C64H82F2N10O8/c1-41-29-73(35-57(77)75-39-63(3,4)59-55(75)25-45(61(79)69-59)23-43-7-11-47(65)12-8-43)49(27-67-41)31-71-19-21-81-53(33-71)37-83-51-15-17-52(18-16-51)84-38-54-34-72(20-22-82-54)32-50-28-68-42(2)30-74(50)36-58(78)76-40-64(5,6)60-56(76)26-46(62(80)70-60)24-44-9-13-48(66)14-10-44/h7-18,25-26,41-42,49-50,53-54,67-68H,19-24,27-40H2,1-6H3,(H,69,79)(H,70,80)/t41-,42-,49-,50-,53+,54+/m1/s1. The molecule has 0 spiro atoms. The number of rotatable bonds is 18. The van der Waals surface area contributed by atoms with Crippen LogP contribution in [0.2, 0.25) is 0 Å². The van der Waals surface area contributed by atoms with Crippen LogP contribution in [0.1, 0.15) is 75.2 Å². The number of aromatic amines is 2. The van der Waals surface area contributed by atoms with E-state index in [1.54, 1.807) is 24.3 Å². The van der Waals surface area contributed by atoms with Crippen LogP contribution in [0, 0.1) is 11.6 Å². The van der Waals surface area contributed by atoms with E-state index in [4.69, 9.17) is 18.9 Å². The van der Waals surface area contributed by atoms with Crippen molar-refractivity contribution >= 4 is 23.2 Å². The Hall–Kier alpha value is -6.36. The summed E-state index contributed by atoms with van der Waals surface area (Å²) in [6.45, 7) is 23.2. The highest BCUT2D eigenvalue weighted by Crippen LogP contribution is 2.41. The van der Waals surface area contributed by atoms with Gasteiger partial charge in [-0.3, -0.25) is 38.8 Å². The summed E-state index contributed by atoms with van der Waals surface area (Å²) in [6.07, 6.45) is 0.381. The number of carbonyl (C=O) groups excluding carboxylic acids is 2. The number of anilines is 2. The van der Waals surface area contributed by atoms with Gasteiger partial charge in [-0.25, -0.2) is 8.78 Å². The number of nitrogens with one attached hydrogen (secondary N) is 4. The first-order valence-electron chi connectivity index (χ1n) is 29.9. The summed E-state index contributed by atoms with van der Waals surface area (Å²) >= 11 is 0. The molecule has 84 heavy (non-hydrogen) atoms. The summed E-state index contributed by atoms with van der Waals surface area (Å²) < 4.78 is 52.3. The van der Waals surface area contributed by atoms with E-state index >= 15 is 0 Å². The number of halogens is 2. The lowest BCUT2D eigenvalue weighted by Crippen LogP contribution is -2.61. The molecule has 20 heteroatoms. The van der Waals surface area contributed by atoms with E-state index < -0.39 is 10.8 Å². The fraction of sp³-hybridized carbons (Fsp3) is 0.531. The van der Waals surface area contributed by atoms with Crippen LogP contribution in [0.4, 0.5) is 20.2 Å². The molecule has 0 bridgehead atoms. The van der Waals surface area contributed by atoms with Crippen LogP contribution in [0.5, 0.6) is 11.5 Å². The Balaban J connectivity index is 0.637. The predicted octanol–water partition coefficient (Wildman–Crippen LogP) is 4.66. The molecule has 11 rings (SSSR count). The molecular formula is C64H82F2N10O8. The Morgan fingerprint density at radius 3 is 1.37 bits per heavy atom. The molecule has 4 fully saturated rings. The van der Waals surface area contributed by atoms with Gasteiger partial charge in [0.25, 0.3) is 11.1 Å². The molecule has 0 unspecified atom stereocenters. The second kappa shape index (κ2) is 25.3. The number of pyridine rings is 2. The molecule has 4 N–H and O–H groups in total. The van der Waals surface area contributed by atoms with E-state index in [0.717, 1.165) is 86.2 Å². The molecule has 6 atom stereocenters. The minimum atomic E-state index is -0.439. The molecule has 18 nitrogen and oxygen atoms in total. The van der Waals surface area contributed by atoms with Crippen LogP contribution >= 0.6 is 0 Å². The quantitative estimate of drug-likeness (QED) is 0.0953. The molecule has 4 saturated heterocycles. The van der Waals surface area contributed by atoms with E-state index in [9.17, 15) is 28.0 Å². The zero-order valence-corrected chi connectivity index (χ0v) is 49.4. The topological polar surface area (TPSA) is 180 Å². The average Bonchev–Trinajstić information content (AvgIpc) is 2.25. The van der Waals surface area contributed by atoms with Crippen LogP contribution in [-0.2, 0) is 42.7 Å². The van der Waals surface area contributed by atoms with E-state index in [1.165, 1.54) is 24.3 Å². The Labute approximate surface area is 490 Å². The van der Waals surface area contributed by atoms with Crippen LogP contribution in [0.3, 0.4) is 0 Å². The lowest BCUT2D eigenvalue weighted by molar-refractivity contribution is -0.121. The van der Waals surface area contributed by atoms with Gasteiger partial charge in [-0.05, 0) is 85.6 Å². The van der Waals surface area contributed by atoms with Crippen molar-refractivity contribution in [2.45, 2.75) is 102 Å². The van der Waals surface area contributed by atoms with Crippen molar-refractivity contribution in [2.75, 3.05) is 128 Å². The van der Waals surface area contributed by atoms with E-state index in [2.05, 4.69) is 54.0 Å². The molecule has 3 aromatic carbocycles. The van der Waals surface area contributed by atoms with E-state index in [1.807, 2.05) is 73.9 Å². The number of H-pyrrole nitrogens is 2. The van der Waals surface area contributed by atoms with Crippen molar-refractivity contribution in [3.05, 3.63) is 151 Å². The molecule has 6 aliphatic heterocycles. The monoisotopic (exact) mass is 1160 g/mol. The fourth-order valence-corrected chi connectivity index (χ4v) is 13.1. The normalized spacial score (nSPS) is 24.7. The number of carbonyl (C=O) groups is 2. The van der Waals surface area contributed by atoms with Crippen molar-refractivity contribution in [3.8, 4) is 11.5 Å². The summed E-state index contributed by atoms with van der Waals surface area (Å²) in [7, 11) is 0. The van der Waals surface area contributed by atoms with Gasteiger partial charge < -0.3 is 49.3 Å². The number of hydrogen-bond acceptors (Lipinski definition) is 14. The number of hydrogen-bond donors (Lipinski definition) is 4. The second-order valence-electron chi connectivity index (χ2n) is 25.5. The highest BCUT2D eigenvalue weighted by molar-refractivity contribution is 5.98. The first-order valence-corrected chi connectivity index (χ1v) is 29.9. The molecule has 2 amide bonds. The van der Waals surface area contributed by atoms with Gasteiger partial charge in [-0.2, -0.15) is 0 Å². The molecule has 0 aliphatic carbocycles. The maximum Gasteiger partial charge on any atom is 0.251 e. The third kappa shape index (κ3) is 14.0. The maximum atomic E-state index is 14.4. The number of benzene rings is 3. The Morgan fingerprint density at radius 2 is 0.976 bits per heavy atom. The molecule has 0 saturated carbocycles. The Kier molecular flexibility index (Phi) is 17.9. The van der Waals surface area contributed by atoms with Crippen LogP contribution in [0.15, 0.2) is 94.5 Å². The minimum absolute atomic E-state index is 0.00824. The van der Waals surface area contributed by atoms with Crippen LogP contribution in [-0.4, -0.2) is 196 Å². The van der Waals surface area contributed by atoms with E-state index in [-0.39, 0.29) is 84.0 Å². The van der Waals surface area contributed by atoms with Crippen molar-refractivity contribution < 1.29 is 37.3 Å². The summed E-state index contributed by atoms with van der Waals surface area (Å²) in [5.74, 6) is 0.755. The highest BCUT2D eigenvalue weighted by atomic mass is 19.1. The van der Waals surface area contributed by atoms with Crippen LogP contribution in [0.25, 0.3) is 0 Å². The summed E-state index contributed by atoms with van der Waals surface area (Å²) in [5, 5.41) is 7.28. The van der Waals surface area contributed by atoms with E-state index in [0.29, 0.717) is 88.1 Å². The first kappa shape index (κ1) is 59.4. The highest BCUT2D eigenvalue weighted by Gasteiger charge is 2.43. The summed E-state index contributed by atoms with van der Waals surface area (Å²) in [5.41, 5.74) is 4.42. The molecule has 8 heterocycles. The molecule has 5 aromatic rings. The number of piperazine rings is 2.